The van der Waals surface area contributed by atoms with Crippen LogP contribution in [0.25, 0.3) is 0 Å². The number of carbonyl (C=O) groups excluding carboxylic acids is 4. The van der Waals surface area contributed by atoms with Gasteiger partial charge in [-0.25, -0.2) is 0 Å². The van der Waals surface area contributed by atoms with Crippen LogP contribution in [0.4, 0.5) is 0 Å². The zero-order valence-electron chi connectivity index (χ0n) is 15.3. The topological polar surface area (TPSA) is 140 Å². The first-order valence-corrected chi connectivity index (χ1v) is 8.24. The Hall–Kier alpha value is -2.20. The number of esters is 4. The molecule has 0 amide bonds. The van der Waals surface area contributed by atoms with Crippen molar-refractivity contribution in [1.29, 1.82) is 0 Å². The van der Waals surface area contributed by atoms with Crippen LogP contribution in [-0.2, 0) is 42.9 Å². The molecule has 3 unspecified atom stereocenters. The quantitative estimate of drug-likeness (QED) is 0.470. The largest absolute Gasteiger partial charge is 0.463 e. The van der Waals surface area contributed by atoms with Crippen molar-refractivity contribution in [3.8, 4) is 0 Å². The summed E-state index contributed by atoms with van der Waals surface area (Å²) in [6.07, 6.45) is -3.79. The van der Waals surface area contributed by atoms with Gasteiger partial charge in [-0.15, -0.1) is 0 Å². The zero-order chi connectivity index (χ0) is 19.9. The summed E-state index contributed by atoms with van der Waals surface area (Å²) in [4.78, 5) is 45.8. The van der Waals surface area contributed by atoms with Crippen LogP contribution in [0.2, 0.25) is 0 Å². The van der Waals surface area contributed by atoms with E-state index in [2.05, 4.69) is 0 Å². The van der Waals surface area contributed by atoms with E-state index in [-0.39, 0.29) is 13.0 Å². The Morgan fingerprint density at radius 1 is 0.923 bits per heavy atom. The summed E-state index contributed by atoms with van der Waals surface area (Å²) in [6, 6.07) is -1.10. The Morgan fingerprint density at radius 3 is 1.96 bits per heavy atom. The third-order valence-corrected chi connectivity index (χ3v) is 3.44. The summed E-state index contributed by atoms with van der Waals surface area (Å²) in [7, 11) is 0. The minimum absolute atomic E-state index is 0.200. The van der Waals surface area contributed by atoms with Gasteiger partial charge in [0.25, 0.3) is 0 Å². The third kappa shape index (κ3) is 6.60. The second kappa shape index (κ2) is 10.1. The lowest BCUT2D eigenvalue weighted by Gasteiger charge is -2.43. The van der Waals surface area contributed by atoms with Crippen molar-refractivity contribution in [2.45, 2.75) is 71.2 Å². The normalized spacial score (nSPS) is 28.0. The lowest BCUT2D eigenvalue weighted by Crippen LogP contribution is -2.65. The minimum atomic E-state index is -1.27. The van der Waals surface area contributed by atoms with Gasteiger partial charge in [0.2, 0.25) is 6.29 Å². The summed E-state index contributed by atoms with van der Waals surface area (Å²) in [5, 5.41) is 0. The Kier molecular flexibility index (Phi) is 8.46. The zero-order valence-corrected chi connectivity index (χ0v) is 15.3. The van der Waals surface area contributed by atoms with E-state index in [0.717, 1.165) is 20.8 Å². The van der Waals surface area contributed by atoms with E-state index in [1.54, 1.807) is 0 Å². The highest BCUT2D eigenvalue weighted by atomic mass is 16.7. The predicted molar refractivity (Wildman–Crippen MR) is 85.4 cm³/mol. The molecule has 0 spiro atoms. The third-order valence-electron chi connectivity index (χ3n) is 3.44. The van der Waals surface area contributed by atoms with Crippen LogP contribution in [0, 0.1) is 0 Å². The number of hydrogen-bond acceptors (Lipinski definition) is 10. The highest BCUT2D eigenvalue weighted by Crippen LogP contribution is 2.26. The van der Waals surface area contributed by atoms with Gasteiger partial charge in [-0.3, -0.25) is 19.2 Å². The summed E-state index contributed by atoms with van der Waals surface area (Å²) in [5.74, 6) is -2.48. The minimum Gasteiger partial charge on any atom is -0.463 e. The molecule has 0 aromatic rings. The van der Waals surface area contributed by atoms with Gasteiger partial charge < -0.3 is 29.4 Å². The van der Waals surface area contributed by atoms with Crippen molar-refractivity contribution in [2.75, 3.05) is 6.61 Å². The van der Waals surface area contributed by atoms with E-state index in [1.165, 1.54) is 0 Å². The van der Waals surface area contributed by atoms with Gasteiger partial charge in [0, 0.05) is 27.2 Å². The fourth-order valence-corrected chi connectivity index (χ4v) is 2.45. The van der Waals surface area contributed by atoms with Crippen molar-refractivity contribution in [3.63, 3.8) is 0 Å². The molecule has 1 aliphatic heterocycles. The first-order valence-electron chi connectivity index (χ1n) is 8.24. The highest BCUT2D eigenvalue weighted by molar-refractivity contribution is 5.69. The van der Waals surface area contributed by atoms with Crippen molar-refractivity contribution in [3.05, 3.63) is 0 Å². The molecule has 10 nitrogen and oxygen atoms in total. The first-order chi connectivity index (χ1) is 12.1. The number of rotatable bonds is 7. The summed E-state index contributed by atoms with van der Waals surface area (Å²) in [6.45, 7) is 5.00. The summed E-state index contributed by atoms with van der Waals surface area (Å²) in [5.41, 5.74) is 5.97. The Labute approximate surface area is 151 Å². The standard InChI is InChI=1S/C16H25NO9/c1-5-6-12(21)22-7-11-14(23-8(2)18)15(24-9(3)19)13(17)16(26-11)25-10(4)20/h11,13-16H,5-7,17H2,1-4H3/t11?,13?,14-,15?,16-/m1/s1. The SMILES string of the molecule is CCCC(=O)OCC1O[C@@H](OC(C)=O)C(N)C(OC(C)=O)[C@@H]1OC(C)=O. The van der Waals surface area contributed by atoms with Gasteiger partial charge in [-0.05, 0) is 6.42 Å². The summed E-state index contributed by atoms with van der Waals surface area (Å²) < 4.78 is 26.0. The van der Waals surface area contributed by atoms with Crippen molar-refractivity contribution < 1.29 is 42.9 Å². The van der Waals surface area contributed by atoms with E-state index < -0.39 is 54.5 Å². The molecule has 148 valence electrons. The number of carbonyl (C=O) groups is 4. The fraction of sp³-hybridized carbons (Fsp3) is 0.750. The second-order valence-corrected chi connectivity index (χ2v) is 5.81. The molecule has 0 aromatic heterocycles. The van der Waals surface area contributed by atoms with Crippen LogP contribution >= 0.6 is 0 Å². The second-order valence-electron chi connectivity index (χ2n) is 5.81. The molecule has 26 heavy (non-hydrogen) atoms. The van der Waals surface area contributed by atoms with Crippen molar-refractivity contribution in [2.24, 2.45) is 5.73 Å². The van der Waals surface area contributed by atoms with Gasteiger partial charge in [0.1, 0.15) is 18.8 Å². The average Bonchev–Trinajstić information content (AvgIpc) is 2.51. The molecule has 0 aliphatic carbocycles. The van der Waals surface area contributed by atoms with Gasteiger partial charge in [0.05, 0.1) is 0 Å². The lowest BCUT2D eigenvalue weighted by molar-refractivity contribution is -0.267. The maximum Gasteiger partial charge on any atom is 0.305 e. The van der Waals surface area contributed by atoms with Crippen LogP contribution in [0.5, 0.6) is 0 Å². The molecule has 1 heterocycles. The lowest BCUT2D eigenvalue weighted by atomic mass is 9.97. The van der Waals surface area contributed by atoms with Gasteiger partial charge in [-0.1, -0.05) is 6.92 Å². The van der Waals surface area contributed by atoms with Crippen LogP contribution in [-0.4, -0.2) is 61.1 Å². The molecular formula is C16H25NO9. The molecule has 1 fully saturated rings. The van der Waals surface area contributed by atoms with E-state index in [4.69, 9.17) is 29.4 Å². The van der Waals surface area contributed by atoms with Crippen molar-refractivity contribution >= 4 is 23.9 Å². The van der Waals surface area contributed by atoms with Crippen LogP contribution in [0.3, 0.4) is 0 Å². The van der Waals surface area contributed by atoms with E-state index in [9.17, 15) is 19.2 Å². The molecule has 1 saturated heterocycles. The van der Waals surface area contributed by atoms with E-state index >= 15 is 0 Å². The molecule has 2 N–H and O–H groups in total. The maximum absolute atomic E-state index is 11.6. The number of hydrogen-bond donors (Lipinski definition) is 1. The molecule has 0 saturated carbocycles. The fourth-order valence-electron chi connectivity index (χ4n) is 2.45. The van der Waals surface area contributed by atoms with Gasteiger partial charge >= 0.3 is 23.9 Å². The monoisotopic (exact) mass is 375 g/mol. The van der Waals surface area contributed by atoms with Crippen molar-refractivity contribution in [1.82, 2.24) is 0 Å². The molecule has 0 bridgehead atoms. The number of ether oxygens (including phenoxy) is 5. The Bertz CT molecular complexity index is 536. The first kappa shape index (κ1) is 21.8. The van der Waals surface area contributed by atoms with Crippen LogP contribution < -0.4 is 5.73 Å². The van der Waals surface area contributed by atoms with Crippen LogP contribution in [0.15, 0.2) is 0 Å². The molecule has 0 aromatic carbocycles. The smallest absolute Gasteiger partial charge is 0.305 e. The van der Waals surface area contributed by atoms with Gasteiger partial charge in [-0.2, -0.15) is 0 Å². The van der Waals surface area contributed by atoms with E-state index in [0.29, 0.717) is 6.42 Å². The molecule has 10 heteroatoms. The Balaban J connectivity index is 3.04. The molecular weight excluding hydrogens is 350 g/mol. The van der Waals surface area contributed by atoms with E-state index in [1.807, 2.05) is 6.92 Å². The predicted octanol–water partition coefficient (Wildman–Crippen LogP) is -0.192. The summed E-state index contributed by atoms with van der Waals surface area (Å²) >= 11 is 0. The van der Waals surface area contributed by atoms with Gasteiger partial charge in [0.15, 0.2) is 12.2 Å². The number of nitrogens with two attached hydrogens (primary N) is 1. The molecule has 1 aliphatic rings. The van der Waals surface area contributed by atoms with Crippen LogP contribution in [0.1, 0.15) is 40.5 Å². The highest BCUT2D eigenvalue weighted by Gasteiger charge is 2.50. The molecule has 5 atom stereocenters. The molecule has 0 radical (unpaired) electrons. The maximum atomic E-state index is 11.6. The molecule has 1 rings (SSSR count). The Morgan fingerprint density at radius 2 is 1.46 bits per heavy atom. The average molecular weight is 375 g/mol.